The van der Waals surface area contributed by atoms with Crippen LogP contribution in [0.5, 0.6) is 0 Å². The molecule has 1 aliphatic heterocycles. The number of hydrogen-bond donors (Lipinski definition) is 0. The Morgan fingerprint density at radius 1 is 1.33 bits per heavy atom. The monoisotopic (exact) mass is 244 g/mol. The summed E-state index contributed by atoms with van der Waals surface area (Å²) in [6.45, 7) is 2.39. The van der Waals surface area contributed by atoms with Crippen molar-refractivity contribution in [2.24, 2.45) is 0 Å². The lowest BCUT2D eigenvalue weighted by atomic mass is 10.1. The summed E-state index contributed by atoms with van der Waals surface area (Å²) < 4.78 is 11.0. The highest BCUT2D eigenvalue weighted by atomic mass is 16.6. The molecule has 2 atom stereocenters. The summed E-state index contributed by atoms with van der Waals surface area (Å²) in [4.78, 5) is 11.2. The highest BCUT2D eigenvalue weighted by molar-refractivity contribution is 5.83. The van der Waals surface area contributed by atoms with Gasteiger partial charge in [0, 0.05) is 6.08 Å². The van der Waals surface area contributed by atoms with E-state index in [1.165, 1.54) is 6.08 Å². The summed E-state index contributed by atoms with van der Waals surface area (Å²) in [5.74, 6) is -0.322. The molecule has 0 saturated heterocycles. The number of rotatable bonds is 4. The van der Waals surface area contributed by atoms with Crippen molar-refractivity contribution in [1.82, 2.24) is 0 Å². The van der Waals surface area contributed by atoms with Gasteiger partial charge in [-0.1, -0.05) is 36.4 Å². The fourth-order valence-electron chi connectivity index (χ4n) is 1.78. The lowest BCUT2D eigenvalue weighted by Crippen LogP contribution is -2.33. The van der Waals surface area contributed by atoms with Crippen molar-refractivity contribution >= 4 is 5.97 Å². The van der Waals surface area contributed by atoms with E-state index in [1.807, 2.05) is 49.4 Å². The molecule has 1 heterocycles. The van der Waals surface area contributed by atoms with Crippen LogP contribution in [0.25, 0.3) is 0 Å². The van der Waals surface area contributed by atoms with Gasteiger partial charge in [0.25, 0.3) is 0 Å². The Bertz CT molecular complexity index is 448. The highest BCUT2D eigenvalue weighted by Crippen LogP contribution is 2.15. The molecule has 3 heteroatoms. The second kappa shape index (κ2) is 6.17. The molecule has 18 heavy (non-hydrogen) atoms. The molecule has 0 amide bonds. The van der Waals surface area contributed by atoms with E-state index in [2.05, 4.69) is 0 Å². The molecule has 0 N–H and O–H groups in total. The van der Waals surface area contributed by atoms with E-state index in [0.717, 1.165) is 5.56 Å². The van der Waals surface area contributed by atoms with Crippen molar-refractivity contribution in [3.63, 3.8) is 0 Å². The van der Waals surface area contributed by atoms with E-state index in [0.29, 0.717) is 6.61 Å². The number of hydrogen-bond acceptors (Lipinski definition) is 3. The number of benzene rings is 1. The van der Waals surface area contributed by atoms with Gasteiger partial charge in [0.2, 0.25) is 0 Å². The predicted molar refractivity (Wildman–Crippen MR) is 68.9 cm³/mol. The molecule has 0 fully saturated rings. The summed E-state index contributed by atoms with van der Waals surface area (Å²) in [6, 6.07) is 9.92. The Labute approximate surface area is 107 Å². The molecule has 2 unspecified atom stereocenters. The van der Waals surface area contributed by atoms with Crippen molar-refractivity contribution in [2.75, 3.05) is 0 Å². The van der Waals surface area contributed by atoms with Gasteiger partial charge in [0.1, 0.15) is 12.2 Å². The quantitative estimate of drug-likeness (QED) is 0.603. The van der Waals surface area contributed by atoms with Gasteiger partial charge in [-0.2, -0.15) is 0 Å². The molecule has 0 saturated carbocycles. The number of carbonyl (C=O) groups excluding carboxylic acids is 1. The predicted octanol–water partition coefficient (Wildman–Crippen LogP) is 2.63. The normalized spacial score (nSPS) is 23.3. The number of cyclic esters (lactones) is 1. The first-order valence-corrected chi connectivity index (χ1v) is 5.97. The third-order valence-corrected chi connectivity index (χ3v) is 2.67. The molecule has 2 rings (SSSR count). The Balaban J connectivity index is 1.98. The standard InChI is InChI=1S/C15H16O3/c1-2-6-14-13(9-10-15(16)18-14)17-11-12-7-4-3-5-8-12/h2-10,13-14H,11H2,1H3. The van der Waals surface area contributed by atoms with Gasteiger partial charge < -0.3 is 9.47 Å². The van der Waals surface area contributed by atoms with E-state index < -0.39 is 0 Å². The van der Waals surface area contributed by atoms with Gasteiger partial charge in [-0.3, -0.25) is 0 Å². The molecule has 1 aliphatic rings. The second-order valence-electron chi connectivity index (χ2n) is 4.05. The van der Waals surface area contributed by atoms with Crippen LogP contribution in [-0.2, 0) is 20.9 Å². The number of ether oxygens (including phenoxy) is 2. The summed E-state index contributed by atoms with van der Waals surface area (Å²) >= 11 is 0. The molecule has 0 spiro atoms. The average Bonchev–Trinajstić information content (AvgIpc) is 2.39. The van der Waals surface area contributed by atoms with Crippen LogP contribution in [0.1, 0.15) is 12.5 Å². The SMILES string of the molecule is CC=CC1OC(=O)C=CC1OCc1ccccc1. The Kier molecular flexibility index (Phi) is 4.31. The van der Waals surface area contributed by atoms with Gasteiger partial charge in [-0.15, -0.1) is 0 Å². The summed E-state index contributed by atoms with van der Waals surface area (Å²) in [6.07, 6.45) is 6.29. The minimum absolute atomic E-state index is 0.223. The molecular weight excluding hydrogens is 228 g/mol. The maximum absolute atomic E-state index is 11.2. The first-order valence-electron chi connectivity index (χ1n) is 5.97. The molecule has 0 radical (unpaired) electrons. The Morgan fingerprint density at radius 2 is 2.11 bits per heavy atom. The van der Waals surface area contributed by atoms with E-state index in [4.69, 9.17) is 9.47 Å². The Morgan fingerprint density at radius 3 is 2.83 bits per heavy atom. The van der Waals surface area contributed by atoms with Crippen LogP contribution in [0, 0.1) is 0 Å². The average molecular weight is 244 g/mol. The van der Waals surface area contributed by atoms with Gasteiger partial charge >= 0.3 is 5.97 Å². The zero-order chi connectivity index (χ0) is 12.8. The molecule has 1 aromatic carbocycles. The second-order valence-corrected chi connectivity index (χ2v) is 4.05. The van der Waals surface area contributed by atoms with Crippen molar-refractivity contribution in [3.8, 4) is 0 Å². The molecular formula is C15H16O3. The zero-order valence-corrected chi connectivity index (χ0v) is 10.3. The summed E-state index contributed by atoms with van der Waals surface area (Å²) in [5.41, 5.74) is 1.10. The minimum Gasteiger partial charge on any atom is -0.452 e. The Hall–Kier alpha value is -1.87. The smallest absolute Gasteiger partial charge is 0.331 e. The fraction of sp³-hybridized carbons (Fsp3) is 0.267. The van der Waals surface area contributed by atoms with E-state index in [-0.39, 0.29) is 18.2 Å². The van der Waals surface area contributed by atoms with Crippen LogP contribution >= 0.6 is 0 Å². The van der Waals surface area contributed by atoms with E-state index in [1.54, 1.807) is 6.08 Å². The van der Waals surface area contributed by atoms with Crippen LogP contribution in [0.4, 0.5) is 0 Å². The number of esters is 1. The van der Waals surface area contributed by atoms with Crippen molar-refractivity contribution in [2.45, 2.75) is 25.7 Å². The third-order valence-electron chi connectivity index (χ3n) is 2.67. The molecule has 3 nitrogen and oxygen atoms in total. The van der Waals surface area contributed by atoms with Gasteiger partial charge in [-0.05, 0) is 24.6 Å². The first kappa shape index (κ1) is 12.6. The van der Waals surface area contributed by atoms with Gasteiger partial charge in [0.15, 0.2) is 0 Å². The third kappa shape index (κ3) is 3.31. The summed E-state index contributed by atoms with van der Waals surface area (Å²) in [5, 5.41) is 0. The van der Waals surface area contributed by atoms with Crippen molar-refractivity contribution in [1.29, 1.82) is 0 Å². The topological polar surface area (TPSA) is 35.5 Å². The van der Waals surface area contributed by atoms with Crippen LogP contribution in [0.15, 0.2) is 54.6 Å². The zero-order valence-electron chi connectivity index (χ0n) is 10.3. The number of carbonyl (C=O) groups is 1. The minimum atomic E-state index is -0.337. The van der Waals surface area contributed by atoms with Crippen LogP contribution < -0.4 is 0 Å². The maximum Gasteiger partial charge on any atom is 0.331 e. The lowest BCUT2D eigenvalue weighted by Gasteiger charge is -2.25. The van der Waals surface area contributed by atoms with Crippen molar-refractivity contribution in [3.05, 3.63) is 60.2 Å². The highest BCUT2D eigenvalue weighted by Gasteiger charge is 2.24. The van der Waals surface area contributed by atoms with Crippen molar-refractivity contribution < 1.29 is 14.3 Å². The molecule has 0 aromatic heterocycles. The largest absolute Gasteiger partial charge is 0.452 e. The molecule has 0 aliphatic carbocycles. The van der Waals surface area contributed by atoms with E-state index >= 15 is 0 Å². The van der Waals surface area contributed by atoms with Gasteiger partial charge in [0.05, 0.1) is 6.61 Å². The van der Waals surface area contributed by atoms with Gasteiger partial charge in [-0.25, -0.2) is 4.79 Å². The molecule has 0 bridgehead atoms. The summed E-state index contributed by atoms with van der Waals surface area (Å²) in [7, 11) is 0. The lowest BCUT2D eigenvalue weighted by molar-refractivity contribution is -0.148. The van der Waals surface area contributed by atoms with Crippen LogP contribution in [0.2, 0.25) is 0 Å². The van der Waals surface area contributed by atoms with Crippen LogP contribution in [0.3, 0.4) is 0 Å². The molecule has 1 aromatic rings. The molecule has 94 valence electrons. The first-order chi connectivity index (χ1) is 8.79. The van der Waals surface area contributed by atoms with E-state index in [9.17, 15) is 4.79 Å². The fourth-order valence-corrected chi connectivity index (χ4v) is 1.78. The van der Waals surface area contributed by atoms with Crippen LogP contribution in [-0.4, -0.2) is 18.2 Å². The number of allylic oxidation sites excluding steroid dienone is 1. The maximum atomic E-state index is 11.2.